The smallest absolute Gasteiger partial charge is 0.255 e. The molecule has 0 radical (unpaired) electrons. The number of amides is 2. The van der Waals surface area contributed by atoms with E-state index in [0.717, 1.165) is 5.56 Å². The molecule has 1 heterocycles. The molecule has 2 amide bonds. The van der Waals surface area contributed by atoms with Crippen LogP contribution in [0.15, 0.2) is 73.1 Å². The monoisotopic (exact) mass is 391 g/mol. The van der Waals surface area contributed by atoms with Gasteiger partial charge in [-0.1, -0.05) is 48.5 Å². The predicted octanol–water partition coefficient (Wildman–Crippen LogP) is 3.47. The number of hydrogen-bond acceptors (Lipinski definition) is 3. The fraction of sp³-hybridized carbons (Fsp3) is 0.174. The van der Waals surface area contributed by atoms with E-state index in [0.29, 0.717) is 24.1 Å². The summed E-state index contributed by atoms with van der Waals surface area (Å²) in [7, 11) is 1.70. The molecule has 0 saturated heterocycles. The molecule has 0 bridgehead atoms. The molecule has 29 heavy (non-hydrogen) atoms. The van der Waals surface area contributed by atoms with Crippen molar-refractivity contribution in [2.45, 2.75) is 13.0 Å². The minimum absolute atomic E-state index is 0.220. The van der Waals surface area contributed by atoms with Crippen molar-refractivity contribution in [3.05, 3.63) is 101 Å². The Bertz CT molecular complexity index is 992. The lowest BCUT2D eigenvalue weighted by Gasteiger charge is -2.17. The van der Waals surface area contributed by atoms with Crippen molar-refractivity contribution in [3.8, 4) is 0 Å². The summed E-state index contributed by atoms with van der Waals surface area (Å²) in [4.78, 5) is 30.7. The van der Waals surface area contributed by atoms with Crippen LogP contribution in [0.2, 0.25) is 0 Å². The standard InChI is InChI=1S/C23H22FN3O2/c1-27(16-17-7-3-2-4-8-17)23(29)20-13-19(14-25-15-20)22(28)26-12-11-18-9-5-6-10-21(18)24/h2-10,13-15H,11-12,16H2,1H3,(H,26,28). The van der Waals surface area contributed by atoms with Crippen molar-refractivity contribution in [2.24, 2.45) is 0 Å². The fourth-order valence-corrected chi connectivity index (χ4v) is 2.94. The molecular formula is C23H22FN3O2. The molecule has 0 aliphatic heterocycles. The quantitative estimate of drug-likeness (QED) is 0.671. The molecule has 1 N–H and O–H groups in total. The van der Waals surface area contributed by atoms with Gasteiger partial charge in [0.05, 0.1) is 11.1 Å². The largest absolute Gasteiger partial charge is 0.352 e. The Hall–Kier alpha value is -3.54. The molecule has 148 valence electrons. The first-order chi connectivity index (χ1) is 14.0. The highest BCUT2D eigenvalue weighted by atomic mass is 19.1. The molecule has 1 aromatic heterocycles. The third-order valence-corrected chi connectivity index (χ3v) is 4.49. The lowest BCUT2D eigenvalue weighted by molar-refractivity contribution is 0.0784. The molecule has 0 fully saturated rings. The molecule has 5 nitrogen and oxygen atoms in total. The SMILES string of the molecule is CN(Cc1ccccc1)C(=O)c1cncc(C(=O)NCCc2ccccc2F)c1. The van der Waals surface area contributed by atoms with Gasteiger partial charge in [0, 0.05) is 32.5 Å². The second-order valence-corrected chi connectivity index (χ2v) is 6.71. The van der Waals surface area contributed by atoms with Gasteiger partial charge in [0.2, 0.25) is 0 Å². The van der Waals surface area contributed by atoms with Crippen LogP contribution >= 0.6 is 0 Å². The first kappa shape index (κ1) is 20.2. The van der Waals surface area contributed by atoms with E-state index in [-0.39, 0.29) is 29.7 Å². The number of benzene rings is 2. The van der Waals surface area contributed by atoms with Crippen molar-refractivity contribution < 1.29 is 14.0 Å². The Morgan fingerprint density at radius 1 is 1.00 bits per heavy atom. The molecule has 0 saturated carbocycles. The van der Waals surface area contributed by atoms with Gasteiger partial charge in [-0.2, -0.15) is 0 Å². The molecule has 3 rings (SSSR count). The van der Waals surface area contributed by atoms with E-state index < -0.39 is 0 Å². The molecule has 6 heteroatoms. The van der Waals surface area contributed by atoms with Gasteiger partial charge in [-0.05, 0) is 29.7 Å². The van der Waals surface area contributed by atoms with E-state index in [1.54, 1.807) is 30.1 Å². The lowest BCUT2D eigenvalue weighted by Crippen LogP contribution is -2.28. The summed E-state index contributed by atoms with van der Waals surface area (Å²) in [5.41, 5.74) is 2.18. The minimum atomic E-state index is -0.353. The van der Waals surface area contributed by atoms with Gasteiger partial charge in [0.15, 0.2) is 0 Å². The van der Waals surface area contributed by atoms with Crippen molar-refractivity contribution in [2.75, 3.05) is 13.6 Å². The zero-order valence-electron chi connectivity index (χ0n) is 16.1. The van der Waals surface area contributed by atoms with Crippen molar-refractivity contribution in [3.63, 3.8) is 0 Å². The summed E-state index contributed by atoms with van der Waals surface area (Å²) in [6, 6.07) is 17.6. The van der Waals surface area contributed by atoms with Crippen LogP contribution in [-0.4, -0.2) is 35.3 Å². The summed E-state index contributed by atoms with van der Waals surface area (Å²) < 4.78 is 13.6. The Morgan fingerprint density at radius 3 is 2.45 bits per heavy atom. The Kier molecular flexibility index (Phi) is 6.68. The van der Waals surface area contributed by atoms with Crippen LogP contribution in [0.3, 0.4) is 0 Å². The van der Waals surface area contributed by atoms with Crippen LogP contribution in [0.5, 0.6) is 0 Å². The topological polar surface area (TPSA) is 62.3 Å². The van der Waals surface area contributed by atoms with E-state index in [1.165, 1.54) is 24.5 Å². The Morgan fingerprint density at radius 2 is 1.69 bits per heavy atom. The summed E-state index contributed by atoms with van der Waals surface area (Å²) >= 11 is 0. The predicted molar refractivity (Wildman–Crippen MR) is 109 cm³/mol. The summed E-state index contributed by atoms with van der Waals surface area (Å²) in [5.74, 6) is -0.867. The second kappa shape index (κ2) is 9.59. The maximum atomic E-state index is 13.6. The molecule has 0 atom stereocenters. The zero-order chi connectivity index (χ0) is 20.6. The highest BCUT2D eigenvalue weighted by Crippen LogP contribution is 2.10. The Balaban J connectivity index is 1.60. The minimum Gasteiger partial charge on any atom is -0.352 e. The summed E-state index contributed by atoms with van der Waals surface area (Å²) in [6.07, 6.45) is 3.23. The van der Waals surface area contributed by atoms with Gasteiger partial charge in [-0.15, -0.1) is 0 Å². The molecule has 0 aliphatic carbocycles. The number of carbonyl (C=O) groups is 2. The van der Waals surface area contributed by atoms with Gasteiger partial charge in [-0.25, -0.2) is 4.39 Å². The number of carbonyl (C=O) groups excluding carboxylic acids is 2. The van der Waals surface area contributed by atoms with Crippen molar-refractivity contribution >= 4 is 11.8 Å². The number of nitrogens with zero attached hydrogens (tertiary/aromatic N) is 2. The van der Waals surface area contributed by atoms with E-state index >= 15 is 0 Å². The van der Waals surface area contributed by atoms with Crippen LogP contribution in [0.25, 0.3) is 0 Å². The molecule has 2 aromatic carbocycles. The molecule has 0 unspecified atom stereocenters. The normalized spacial score (nSPS) is 10.4. The van der Waals surface area contributed by atoms with Crippen LogP contribution < -0.4 is 5.32 Å². The van der Waals surface area contributed by atoms with E-state index in [1.807, 2.05) is 30.3 Å². The molecule has 0 aliphatic rings. The molecular weight excluding hydrogens is 369 g/mol. The molecule has 3 aromatic rings. The van der Waals surface area contributed by atoms with Crippen LogP contribution in [-0.2, 0) is 13.0 Å². The summed E-state index contributed by atoms with van der Waals surface area (Å²) in [6.45, 7) is 0.741. The number of halogens is 1. The van der Waals surface area contributed by atoms with Gasteiger partial charge in [0.1, 0.15) is 5.82 Å². The number of rotatable bonds is 7. The second-order valence-electron chi connectivity index (χ2n) is 6.71. The third kappa shape index (κ3) is 5.48. The Labute approximate surface area is 169 Å². The zero-order valence-corrected chi connectivity index (χ0v) is 16.1. The number of hydrogen-bond donors (Lipinski definition) is 1. The maximum Gasteiger partial charge on any atom is 0.255 e. The number of pyridine rings is 1. The first-order valence-electron chi connectivity index (χ1n) is 9.30. The third-order valence-electron chi connectivity index (χ3n) is 4.49. The van der Waals surface area contributed by atoms with E-state index in [4.69, 9.17) is 0 Å². The van der Waals surface area contributed by atoms with Crippen LogP contribution in [0, 0.1) is 5.82 Å². The van der Waals surface area contributed by atoms with Gasteiger partial charge >= 0.3 is 0 Å². The van der Waals surface area contributed by atoms with Gasteiger partial charge in [-0.3, -0.25) is 14.6 Å². The van der Waals surface area contributed by atoms with Crippen molar-refractivity contribution in [1.82, 2.24) is 15.2 Å². The number of nitrogens with one attached hydrogen (secondary N) is 1. The van der Waals surface area contributed by atoms with Crippen molar-refractivity contribution in [1.29, 1.82) is 0 Å². The molecule has 0 spiro atoms. The van der Waals surface area contributed by atoms with Crippen LogP contribution in [0.4, 0.5) is 4.39 Å². The van der Waals surface area contributed by atoms with E-state index in [2.05, 4.69) is 10.3 Å². The van der Waals surface area contributed by atoms with Gasteiger partial charge in [0.25, 0.3) is 11.8 Å². The number of aromatic nitrogens is 1. The highest BCUT2D eigenvalue weighted by molar-refractivity contribution is 5.99. The first-order valence-corrected chi connectivity index (χ1v) is 9.30. The van der Waals surface area contributed by atoms with Crippen LogP contribution in [0.1, 0.15) is 31.8 Å². The average Bonchev–Trinajstić information content (AvgIpc) is 2.75. The average molecular weight is 391 g/mol. The van der Waals surface area contributed by atoms with E-state index in [9.17, 15) is 14.0 Å². The van der Waals surface area contributed by atoms with Gasteiger partial charge < -0.3 is 10.2 Å². The highest BCUT2D eigenvalue weighted by Gasteiger charge is 2.15. The maximum absolute atomic E-state index is 13.6. The summed E-state index contributed by atoms with van der Waals surface area (Å²) in [5, 5.41) is 2.74. The fourth-order valence-electron chi connectivity index (χ4n) is 2.94. The lowest BCUT2D eigenvalue weighted by atomic mass is 10.1.